The summed E-state index contributed by atoms with van der Waals surface area (Å²) in [5, 5.41) is 7.11. The zero-order valence-corrected chi connectivity index (χ0v) is 11.9. The number of ether oxygens (including phenoxy) is 2. The molecule has 1 atom stereocenters. The fourth-order valence-electron chi connectivity index (χ4n) is 2.07. The van der Waals surface area contributed by atoms with Crippen molar-refractivity contribution in [1.82, 2.24) is 15.1 Å². The van der Waals surface area contributed by atoms with Gasteiger partial charge in [-0.15, -0.1) is 0 Å². The van der Waals surface area contributed by atoms with E-state index in [2.05, 4.69) is 10.4 Å². The van der Waals surface area contributed by atoms with E-state index in [1.54, 1.807) is 11.7 Å². The monoisotopic (exact) mass is 267 g/mol. The normalized spacial score (nSPS) is 21.6. The van der Waals surface area contributed by atoms with E-state index in [1.165, 1.54) is 0 Å². The van der Waals surface area contributed by atoms with Gasteiger partial charge in [0.1, 0.15) is 11.8 Å². The van der Waals surface area contributed by atoms with Gasteiger partial charge in [0, 0.05) is 13.6 Å². The van der Waals surface area contributed by atoms with Crippen molar-refractivity contribution in [3.8, 4) is 0 Å². The van der Waals surface area contributed by atoms with E-state index in [4.69, 9.17) is 9.47 Å². The molecule has 0 bridgehead atoms. The number of hydrogen-bond acceptors (Lipinski definition) is 4. The second-order valence-corrected chi connectivity index (χ2v) is 5.16. The van der Waals surface area contributed by atoms with Gasteiger partial charge in [0.05, 0.1) is 12.3 Å². The summed E-state index contributed by atoms with van der Waals surface area (Å²) in [5.41, 5.74) is 1.48. The maximum atomic E-state index is 12.0. The van der Waals surface area contributed by atoms with Crippen molar-refractivity contribution in [2.24, 2.45) is 7.05 Å². The zero-order valence-electron chi connectivity index (χ0n) is 11.9. The lowest BCUT2D eigenvalue weighted by Crippen LogP contribution is -2.35. The number of aromatic nitrogens is 2. The summed E-state index contributed by atoms with van der Waals surface area (Å²) in [7, 11) is 1.77. The van der Waals surface area contributed by atoms with Crippen LogP contribution in [0.15, 0.2) is 6.07 Å². The zero-order chi connectivity index (χ0) is 14.0. The van der Waals surface area contributed by atoms with Crippen molar-refractivity contribution in [1.29, 1.82) is 0 Å². The van der Waals surface area contributed by atoms with Gasteiger partial charge in [-0.1, -0.05) is 6.92 Å². The first-order valence-corrected chi connectivity index (χ1v) is 6.54. The number of aryl methyl sites for hydroxylation is 2. The Hall–Kier alpha value is -1.40. The highest BCUT2D eigenvalue weighted by Gasteiger charge is 2.32. The van der Waals surface area contributed by atoms with Crippen LogP contribution in [-0.4, -0.2) is 40.7 Å². The lowest BCUT2D eigenvalue weighted by atomic mass is 10.3. The highest BCUT2D eigenvalue weighted by Crippen LogP contribution is 2.21. The molecule has 0 aromatic carbocycles. The lowest BCUT2D eigenvalue weighted by Gasteiger charge is -2.17. The minimum atomic E-state index is -0.558. The van der Waals surface area contributed by atoms with Gasteiger partial charge < -0.3 is 14.8 Å². The van der Waals surface area contributed by atoms with E-state index in [1.807, 2.05) is 26.8 Å². The van der Waals surface area contributed by atoms with Crippen LogP contribution in [-0.2, 0) is 22.9 Å². The molecule has 1 aromatic rings. The molecule has 1 amide bonds. The first-order valence-electron chi connectivity index (χ1n) is 6.54. The third-order valence-electron chi connectivity index (χ3n) is 3.08. The van der Waals surface area contributed by atoms with Crippen LogP contribution in [0.25, 0.3) is 0 Å². The van der Waals surface area contributed by atoms with Crippen LogP contribution in [0.1, 0.15) is 37.0 Å². The quantitative estimate of drug-likeness (QED) is 0.879. The minimum Gasteiger partial charge on any atom is -0.348 e. The molecule has 1 aliphatic heterocycles. The minimum absolute atomic E-state index is 0.0992. The first kappa shape index (κ1) is 14.0. The number of carbonyl (C=O) groups is 1. The first-order chi connectivity index (χ1) is 8.91. The Kier molecular flexibility index (Phi) is 3.91. The van der Waals surface area contributed by atoms with Crippen molar-refractivity contribution in [3.63, 3.8) is 0 Å². The van der Waals surface area contributed by atoms with Gasteiger partial charge in [0.2, 0.25) is 0 Å². The molecular formula is C13H21N3O3. The van der Waals surface area contributed by atoms with Crippen LogP contribution < -0.4 is 5.32 Å². The van der Waals surface area contributed by atoms with E-state index < -0.39 is 5.79 Å². The topological polar surface area (TPSA) is 65.4 Å². The molecule has 1 aliphatic rings. The summed E-state index contributed by atoms with van der Waals surface area (Å²) in [4.78, 5) is 12.0. The Labute approximate surface area is 113 Å². The second-order valence-electron chi connectivity index (χ2n) is 5.16. The SMILES string of the molecule is CCc1cc(C(=O)NCC2COC(C)(C)O2)n(C)n1. The van der Waals surface area contributed by atoms with Crippen molar-refractivity contribution in [2.75, 3.05) is 13.2 Å². The Morgan fingerprint density at radius 2 is 2.37 bits per heavy atom. The smallest absolute Gasteiger partial charge is 0.269 e. The van der Waals surface area contributed by atoms with Gasteiger partial charge in [-0.2, -0.15) is 5.10 Å². The highest BCUT2D eigenvalue weighted by molar-refractivity contribution is 5.92. The number of nitrogens with zero attached hydrogens (tertiary/aromatic N) is 2. The van der Waals surface area contributed by atoms with Crippen LogP contribution in [0.2, 0.25) is 0 Å². The van der Waals surface area contributed by atoms with Gasteiger partial charge in [-0.05, 0) is 26.3 Å². The van der Waals surface area contributed by atoms with Gasteiger partial charge in [-0.3, -0.25) is 9.48 Å². The average molecular weight is 267 g/mol. The van der Waals surface area contributed by atoms with Crippen LogP contribution in [0, 0.1) is 0 Å². The van der Waals surface area contributed by atoms with Gasteiger partial charge in [-0.25, -0.2) is 0 Å². The summed E-state index contributed by atoms with van der Waals surface area (Å²) >= 11 is 0. The molecule has 6 nitrogen and oxygen atoms in total. The number of hydrogen-bond donors (Lipinski definition) is 1. The van der Waals surface area contributed by atoms with Crippen molar-refractivity contribution in [2.45, 2.75) is 39.1 Å². The Morgan fingerprint density at radius 1 is 1.63 bits per heavy atom. The third-order valence-corrected chi connectivity index (χ3v) is 3.08. The summed E-state index contributed by atoms with van der Waals surface area (Å²) in [6.07, 6.45) is 0.715. The van der Waals surface area contributed by atoms with Crippen molar-refractivity contribution < 1.29 is 14.3 Å². The molecule has 1 fully saturated rings. The molecule has 2 rings (SSSR count). The molecular weight excluding hydrogens is 246 g/mol. The molecule has 1 unspecified atom stereocenters. The van der Waals surface area contributed by atoms with E-state index in [9.17, 15) is 4.79 Å². The predicted molar refractivity (Wildman–Crippen MR) is 69.8 cm³/mol. The molecule has 0 radical (unpaired) electrons. The van der Waals surface area contributed by atoms with Crippen LogP contribution in [0.5, 0.6) is 0 Å². The van der Waals surface area contributed by atoms with Crippen LogP contribution in [0.3, 0.4) is 0 Å². The number of nitrogens with one attached hydrogen (secondary N) is 1. The fraction of sp³-hybridized carbons (Fsp3) is 0.692. The van der Waals surface area contributed by atoms with Crippen molar-refractivity contribution >= 4 is 5.91 Å². The van der Waals surface area contributed by atoms with Gasteiger partial charge in [0.15, 0.2) is 5.79 Å². The molecule has 6 heteroatoms. The number of rotatable bonds is 4. The third kappa shape index (κ3) is 3.33. The summed E-state index contributed by atoms with van der Waals surface area (Å²) in [6.45, 7) is 6.68. The second kappa shape index (κ2) is 5.30. The number of amides is 1. The van der Waals surface area contributed by atoms with Gasteiger partial charge >= 0.3 is 0 Å². The van der Waals surface area contributed by atoms with Crippen LogP contribution in [0.4, 0.5) is 0 Å². The van der Waals surface area contributed by atoms with E-state index >= 15 is 0 Å². The Morgan fingerprint density at radius 3 is 2.89 bits per heavy atom. The molecule has 19 heavy (non-hydrogen) atoms. The molecule has 0 aliphatic carbocycles. The molecule has 0 saturated carbocycles. The molecule has 106 valence electrons. The molecule has 2 heterocycles. The van der Waals surface area contributed by atoms with E-state index in [0.29, 0.717) is 18.8 Å². The van der Waals surface area contributed by atoms with Crippen LogP contribution >= 0.6 is 0 Å². The molecule has 1 aromatic heterocycles. The predicted octanol–water partition coefficient (Wildman–Crippen LogP) is 0.864. The summed E-state index contributed by atoms with van der Waals surface area (Å²) in [6, 6.07) is 1.81. The molecule has 1 saturated heterocycles. The van der Waals surface area contributed by atoms with Gasteiger partial charge in [0.25, 0.3) is 5.91 Å². The maximum absolute atomic E-state index is 12.0. The largest absolute Gasteiger partial charge is 0.348 e. The summed E-state index contributed by atoms with van der Waals surface area (Å²) < 4.78 is 12.7. The fourth-order valence-corrected chi connectivity index (χ4v) is 2.07. The standard InChI is InChI=1S/C13H21N3O3/c1-5-9-6-11(16(4)15-9)12(17)14-7-10-8-18-13(2,3)19-10/h6,10H,5,7-8H2,1-4H3,(H,14,17). The Balaban J connectivity index is 1.89. The lowest BCUT2D eigenvalue weighted by molar-refractivity contribution is -0.137. The van der Waals surface area contributed by atoms with E-state index in [-0.39, 0.29) is 12.0 Å². The molecule has 1 N–H and O–H groups in total. The summed E-state index contributed by atoms with van der Waals surface area (Å²) in [5.74, 6) is -0.694. The average Bonchev–Trinajstić information content (AvgIpc) is 2.89. The molecule has 0 spiro atoms. The number of carbonyl (C=O) groups excluding carboxylic acids is 1. The van der Waals surface area contributed by atoms with Crippen molar-refractivity contribution in [3.05, 3.63) is 17.5 Å². The highest BCUT2D eigenvalue weighted by atomic mass is 16.7. The Bertz CT molecular complexity index is 468. The maximum Gasteiger partial charge on any atom is 0.269 e. The van der Waals surface area contributed by atoms with E-state index in [0.717, 1.165) is 12.1 Å².